The number of ether oxygens (including phenoxy) is 1. The number of aryl methyl sites for hydroxylation is 2. The van der Waals surface area contributed by atoms with E-state index in [2.05, 4.69) is 4.98 Å². The minimum atomic E-state index is -0.625. The molecule has 0 fully saturated rings. The van der Waals surface area contributed by atoms with Crippen LogP contribution in [-0.4, -0.2) is 21.0 Å². The maximum atomic E-state index is 12.4. The summed E-state index contributed by atoms with van der Waals surface area (Å²) in [7, 11) is 0. The quantitative estimate of drug-likeness (QED) is 0.221. The van der Waals surface area contributed by atoms with Crippen molar-refractivity contribution in [2.24, 2.45) is 0 Å². The molecule has 0 amide bonds. The Balaban J connectivity index is 1.60. The lowest BCUT2D eigenvalue weighted by Crippen LogP contribution is -2.08. The number of benzene rings is 3. The Morgan fingerprint density at radius 2 is 1.73 bits per heavy atom. The second-order valence-electron chi connectivity index (χ2n) is 6.80. The van der Waals surface area contributed by atoms with Gasteiger partial charge in [0, 0.05) is 17.7 Å². The SMILES string of the molecule is Cc1cc(-c2nc3ccc(C(=O)Oc4ccc([N+](=O)[O-])cc4)cc3o2)cc(C)c1O. The van der Waals surface area contributed by atoms with E-state index >= 15 is 0 Å². The van der Waals surface area contributed by atoms with Crippen LogP contribution in [0.3, 0.4) is 0 Å². The van der Waals surface area contributed by atoms with E-state index < -0.39 is 10.9 Å². The van der Waals surface area contributed by atoms with Gasteiger partial charge in [-0.05, 0) is 67.4 Å². The van der Waals surface area contributed by atoms with Crippen LogP contribution in [0.1, 0.15) is 21.5 Å². The molecular weight excluding hydrogens is 388 g/mol. The van der Waals surface area contributed by atoms with Gasteiger partial charge in [-0.3, -0.25) is 10.1 Å². The van der Waals surface area contributed by atoms with E-state index in [0.717, 1.165) is 0 Å². The number of carbonyl (C=O) groups is 1. The van der Waals surface area contributed by atoms with Crippen molar-refractivity contribution in [1.82, 2.24) is 4.98 Å². The van der Waals surface area contributed by atoms with E-state index in [4.69, 9.17) is 9.15 Å². The molecule has 0 saturated heterocycles. The Bertz CT molecular complexity index is 1270. The summed E-state index contributed by atoms with van der Waals surface area (Å²) in [6.07, 6.45) is 0. The van der Waals surface area contributed by atoms with E-state index in [0.29, 0.717) is 33.7 Å². The number of nitrogens with zero attached hydrogens (tertiary/aromatic N) is 2. The van der Waals surface area contributed by atoms with Gasteiger partial charge >= 0.3 is 5.97 Å². The fourth-order valence-corrected chi connectivity index (χ4v) is 3.06. The first-order chi connectivity index (χ1) is 14.3. The topological polar surface area (TPSA) is 116 Å². The van der Waals surface area contributed by atoms with Gasteiger partial charge in [0.15, 0.2) is 5.58 Å². The number of esters is 1. The van der Waals surface area contributed by atoms with E-state index in [1.54, 1.807) is 38.1 Å². The number of phenols is 1. The number of nitro groups is 1. The third kappa shape index (κ3) is 3.58. The van der Waals surface area contributed by atoms with Crippen molar-refractivity contribution in [1.29, 1.82) is 0 Å². The molecule has 0 saturated carbocycles. The zero-order valence-corrected chi connectivity index (χ0v) is 16.1. The van der Waals surface area contributed by atoms with Crippen LogP contribution < -0.4 is 4.74 Å². The predicted molar refractivity (Wildman–Crippen MR) is 109 cm³/mol. The molecule has 8 nitrogen and oxygen atoms in total. The van der Waals surface area contributed by atoms with Crippen molar-refractivity contribution < 1.29 is 24.0 Å². The molecule has 0 atom stereocenters. The van der Waals surface area contributed by atoms with Crippen molar-refractivity contribution in [3.8, 4) is 23.0 Å². The van der Waals surface area contributed by atoms with Gasteiger partial charge in [-0.15, -0.1) is 0 Å². The lowest BCUT2D eigenvalue weighted by atomic mass is 10.1. The number of non-ortho nitro benzene ring substituents is 1. The summed E-state index contributed by atoms with van der Waals surface area (Å²) in [6.45, 7) is 3.58. The monoisotopic (exact) mass is 404 g/mol. The molecule has 0 radical (unpaired) electrons. The van der Waals surface area contributed by atoms with Gasteiger partial charge in [0.25, 0.3) is 5.69 Å². The van der Waals surface area contributed by atoms with E-state index in [9.17, 15) is 20.0 Å². The van der Waals surface area contributed by atoms with Crippen LogP contribution in [0.4, 0.5) is 5.69 Å². The number of aromatic hydroxyl groups is 1. The molecule has 8 heteroatoms. The molecule has 1 heterocycles. The highest BCUT2D eigenvalue weighted by atomic mass is 16.6. The molecule has 0 aliphatic carbocycles. The fourth-order valence-electron chi connectivity index (χ4n) is 3.06. The zero-order chi connectivity index (χ0) is 21.4. The largest absolute Gasteiger partial charge is 0.507 e. The summed E-state index contributed by atoms with van der Waals surface area (Å²) in [5, 5.41) is 20.7. The Labute approximate surface area is 170 Å². The molecule has 4 aromatic rings. The summed E-state index contributed by atoms with van der Waals surface area (Å²) < 4.78 is 11.1. The van der Waals surface area contributed by atoms with Gasteiger partial charge in [-0.1, -0.05) is 0 Å². The molecule has 0 bridgehead atoms. The van der Waals surface area contributed by atoms with Crippen LogP contribution in [0.2, 0.25) is 0 Å². The standard InChI is InChI=1S/C22H16N2O6/c1-12-9-15(10-13(2)20(12)25)21-23-18-8-3-14(11-19(18)30-21)22(26)29-17-6-4-16(5-7-17)24(27)28/h3-11,25H,1-2H3. The van der Waals surface area contributed by atoms with Crippen molar-refractivity contribution >= 4 is 22.8 Å². The molecule has 1 N–H and O–H groups in total. The van der Waals surface area contributed by atoms with Gasteiger partial charge < -0.3 is 14.3 Å². The summed E-state index contributed by atoms with van der Waals surface area (Å²) in [5.41, 5.74) is 3.27. The van der Waals surface area contributed by atoms with Crippen LogP contribution in [0.15, 0.2) is 59.0 Å². The normalized spacial score (nSPS) is 10.9. The van der Waals surface area contributed by atoms with E-state index in [1.807, 2.05) is 0 Å². The lowest BCUT2D eigenvalue weighted by Gasteiger charge is -2.04. The van der Waals surface area contributed by atoms with Gasteiger partial charge in [-0.25, -0.2) is 9.78 Å². The Hall–Kier alpha value is -4.20. The third-order valence-electron chi connectivity index (χ3n) is 4.62. The fraction of sp³-hybridized carbons (Fsp3) is 0.0909. The Morgan fingerprint density at radius 1 is 1.07 bits per heavy atom. The molecule has 0 unspecified atom stereocenters. The molecule has 1 aromatic heterocycles. The second kappa shape index (κ2) is 7.32. The second-order valence-corrected chi connectivity index (χ2v) is 6.80. The van der Waals surface area contributed by atoms with Crippen molar-refractivity contribution in [2.45, 2.75) is 13.8 Å². The van der Waals surface area contributed by atoms with E-state index in [1.165, 1.54) is 30.3 Å². The van der Waals surface area contributed by atoms with Crippen molar-refractivity contribution in [3.05, 3.63) is 81.4 Å². The average molecular weight is 404 g/mol. The van der Waals surface area contributed by atoms with Gasteiger partial charge in [0.05, 0.1) is 10.5 Å². The summed E-state index contributed by atoms with van der Waals surface area (Å²) in [4.78, 5) is 27.1. The molecule has 0 spiro atoms. The van der Waals surface area contributed by atoms with Gasteiger partial charge in [0.2, 0.25) is 5.89 Å². The Morgan fingerprint density at radius 3 is 2.37 bits per heavy atom. The van der Waals surface area contributed by atoms with Crippen LogP contribution in [0.25, 0.3) is 22.6 Å². The van der Waals surface area contributed by atoms with Crippen molar-refractivity contribution in [3.63, 3.8) is 0 Å². The molecular formula is C22H16N2O6. The number of nitro benzene ring substituents is 1. The average Bonchev–Trinajstić information content (AvgIpc) is 3.15. The minimum Gasteiger partial charge on any atom is -0.507 e. The first kappa shape index (κ1) is 19.1. The first-order valence-corrected chi connectivity index (χ1v) is 8.99. The number of rotatable bonds is 4. The maximum absolute atomic E-state index is 12.4. The molecule has 150 valence electrons. The molecule has 3 aromatic carbocycles. The predicted octanol–water partition coefficient (Wildman–Crippen LogP) is 4.94. The zero-order valence-electron chi connectivity index (χ0n) is 16.1. The lowest BCUT2D eigenvalue weighted by molar-refractivity contribution is -0.384. The summed E-state index contributed by atoms with van der Waals surface area (Å²) in [6, 6.07) is 13.5. The van der Waals surface area contributed by atoms with Gasteiger partial charge in [-0.2, -0.15) is 0 Å². The van der Waals surface area contributed by atoms with Crippen LogP contribution in [-0.2, 0) is 0 Å². The highest BCUT2D eigenvalue weighted by Crippen LogP contribution is 2.31. The van der Waals surface area contributed by atoms with Gasteiger partial charge in [0.1, 0.15) is 17.0 Å². The number of fused-ring (bicyclic) bond motifs is 1. The van der Waals surface area contributed by atoms with E-state index in [-0.39, 0.29) is 22.7 Å². The van der Waals surface area contributed by atoms with Crippen LogP contribution in [0, 0.1) is 24.0 Å². The minimum absolute atomic E-state index is 0.0925. The highest BCUT2D eigenvalue weighted by molar-refractivity contribution is 5.94. The number of oxazole rings is 1. The number of carbonyl (C=O) groups excluding carboxylic acids is 1. The summed E-state index contributed by atoms with van der Waals surface area (Å²) >= 11 is 0. The number of hydrogen-bond donors (Lipinski definition) is 1. The van der Waals surface area contributed by atoms with Crippen LogP contribution in [0.5, 0.6) is 11.5 Å². The highest BCUT2D eigenvalue weighted by Gasteiger charge is 2.15. The van der Waals surface area contributed by atoms with Crippen molar-refractivity contribution in [2.75, 3.05) is 0 Å². The molecule has 0 aliphatic heterocycles. The number of hydrogen-bond acceptors (Lipinski definition) is 7. The molecule has 0 aliphatic rings. The molecule has 30 heavy (non-hydrogen) atoms. The maximum Gasteiger partial charge on any atom is 0.343 e. The van der Waals surface area contributed by atoms with Crippen LogP contribution >= 0.6 is 0 Å². The first-order valence-electron chi connectivity index (χ1n) is 8.99. The Kier molecular flexibility index (Phi) is 4.67. The number of aromatic nitrogens is 1. The number of phenolic OH excluding ortho intramolecular Hbond substituents is 1. The molecule has 4 rings (SSSR count). The summed E-state index contributed by atoms with van der Waals surface area (Å²) in [5.74, 6) is 0.169. The smallest absolute Gasteiger partial charge is 0.343 e. The third-order valence-corrected chi connectivity index (χ3v) is 4.62.